The number of hydrogen-bond donors (Lipinski definition) is 1. The molecule has 2 heterocycles. The lowest BCUT2D eigenvalue weighted by atomic mass is 9.97. The highest BCUT2D eigenvalue weighted by Gasteiger charge is 2.34. The van der Waals surface area contributed by atoms with Crippen LogP contribution in [0.1, 0.15) is 24.8 Å². The molecule has 1 N–H and O–H groups in total. The van der Waals surface area contributed by atoms with Gasteiger partial charge in [0, 0.05) is 19.1 Å². The van der Waals surface area contributed by atoms with Gasteiger partial charge in [0.2, 0.25) is 0 Å². The molecule has 1 saturated heterocycles. The van der Waals surface area contributed by atoms with Crippen molar-refractivity contribution in [3.63, 3.8) is 0 Å². The van der Waals surface area contributed by atoms with E-state index >= 15 is 0 Å². The number of nitrogens with one attached hydrogen (secondary N) is 1. The Hall–Kier alpha value is -1.39. The number of halogens is 3. The Morgan fingerprint density at radius 1 is 1.22 bits per heavy atom. The fourth-order valence-electron chi connectivity index (χ4n) is 2.86. The van der Waals surface area contributed by atoms with Crippen LogP contribution < -0.4 is 10.2 Å². The highest BCUT2D eigenvalue weighted by Crippen LogP contribution is 2.39. The van der Waals surface area contributed by atoms with Gasteiger partial charge in [-0.05, 0) is 37.5 Å². The van der Waals surface area contributed by atoms with E-state index in [0.29, 0.717) is 11.7 Å². The minimum atomic E-state index is -4.27. The quantitative estimate of drug-likeness (QED) is 0.764. The van der Waals surface area contributed by atoms with Crippen LogP contribution in [0.5, 0.6) is 0 Å². The number of fused-ring (bicyclic) bond motifs is 3. The lowest BCUT2D eigenvalue weighted by Gasteiger charge is -2.42. The first-order valence-corrected chi connectivity index (χ1v) is 6.27. The first-order chi connectivity index (χ1) is 8.55. The second-order valence-corrected chi connectivity index (χ2v) is 4.95. The van der Waals surface area contributed by atoms with E-state index in [-0.39, 0.29) is 0 Å². The van der Waals surface area contributed by atoms with Crippen molar-refractivity contribution in [2.24, 2.45) is 0 Å². The van der Waals surface area contributed by atoms with Crippen LogP contribution in [0.2, 0.25) is 0 Å². The number of benzene rings is 1. The Morgan fingerprint density at radius 3 is 2.83 bits per heavy atom. The van der Waals surface area contributed by atoms with Gasteiger partial charge in [-0.1, -0.05) is 0 Å². The average Bonchev–Trinajstić information content (AvgIpc) is 2.37. The predicted octanol–water partition coefficient (Wildman–Crippen LogP) is 3.49. The van der Waals surface area contributed by atoms with Gasteiger partial charge in [0.1, 0.15) is 0 Å². The van der Waals surface area contributed by atoms with Crippen molar-refractivity contribution in [3.05, 3.63) is 23.8 Å². The summed E-state index contributed by atoms with van der Waals surface area (Å²) < 4.78 is 37.9. The van der Waals surface area contributed by atoms with Gasteiger partial charge in [-0.15, -0.1) is 0 Å². The van der Waals surface area contributed by atoms with Crippen molar-refractivity contribution in [1.82, 2.24) is 0 Å². The number of rotatable bonds is 0. The molecule has 0 saturated carbocycles. The lowest BCUT2D eigenvalue weighted by Crippen LogP contribution is -2.47. The molecule has 1 atom stereocenters. The molecular formula is C13H15F3N2. The van der Waals surface area contributed by atoms with Gasteiger partial charge in [-0.3, -0.25) is 0 Å². The van der Waals surface area contributed by atoms with Crippen LogP contribution in [0.4, 0.5) is 24.5 Å². The van der Waals surface area contributed by atoms with Crippen LogP contribution in [-0.2, 0) is 6.18 Å². The third-order valence-corrected chi connectivity index (χ3v) is 3.79. The zero-order valence-electron chi connectivity index (χ0n) is 9.93. The van der Waals surface area contributed by atoms with E-state index in [1.807, 2.05) is 0 Å². The van der Waals surface area contributed by atoms with Crippen LogP contribution in [0.15, 0.2) is 18.2 Å². The molecule has 2 aliphatic rings. The molecule has 18 heavy (non-hydrogen) atoms. The molecule has 3 rings (SSSR count). The fourth-order valence-corrected chi connectivity index (χ4v) is 2.86. The topological polar surface area (TPSA) is 15.3 Å². The Kier molecular flexibility index (Phi) is 2.64. The zero-order valence-corrected chi connectivity index (χ0v) is 9.93. The van der Waals surface area contributed by atoms with Gasteiger partial charge >= 0.3 is 6.18 Å². The maximum absolute atomic E-state index is 12.6. The predicted molar refractivity (Wildman–Crippen MR) is 64.9 cm³/mol. The lowest BCUT2D eigenvalue weighted by molar-refractivity contribution is -0.137. The Bertz CT molecular complexity index is 456. The number of alkyl halides is 3. The molecule has 1 unspecified atom stereocenters. The normalized spacial score (nSPS) is 23.1. The summed E-state index contributed by atoms with van der Waals surface area (Å²) in [5, 5.41) is 3.13. The second kappa shape index (κ2) is 4.07. The molecule has 2 nitrogen and oxygen atoms in total. The van der Waals surface area contributed by atoms with Gasteiger partial charge in [-0.2, -0.15) is 13.2 Å². The number of hydrogen-bond acceptors (Lipinski definition) is 2. The molecular weight excluding hydrogens is 241 g/mol. The molecule has 98 valence electrons. The standard InChI is InChI=1S/C13H15F3N2/c14-13(15,16)9-4-5-12-11(7-9)17-8-10-3-1-2-6-18(10)12/h4-5,7,10,17H,1-3,6,8H2. The highest BCUT2D eigenvalue weighted by atomic mass is 19.4. The highest BCUT2D eigenvalue weighted by molar-refractivity contribution is 5.74. The number of piperidine rings is 1. The average molecular weight is 256 g/mol. The summed E-state index contributed by atoms with van der Waals surface area (Å²) in [6.07, 6.45) is -0.821. The first kappa shape index (κ1) is 11.7. The maximum atomic E-state index is 12.6. The minimum Gasteiger partial charge on any atom is -0.381 e. The summed E-state index contributed by atoms with van der Waals surface area (Å²) >= 11 is 0. The molecule has 0 spiro atoms. The molecule has 1 aromatic carbocycles. The molecule has 0 radical (unpaired) electrons. The van der Waals surface area contributed by atoms with E-state index in [4.69, 9.17) is 0 Å². The van der Waals surface area contributed by atoms with Crippen LogP contribution in [-0.4, -0.2) is 19.1 Å². The molecule has 0 amide bonds. The molecule has 0 bridgehead atoms. The van der Waals surface area contributed by atoms with E-state index < -0.39 is 11.7 Å². The summed E-state index contributed by atoms with van der Waals surface area (Å²) in [5.74, 6) is 0. The Morgan fingerprint density at radius 2 is 2.06 bits per heavy atom. The molecule has 2 aliphatic heterocycles. The van der Waals surface area contributed by atoms with Crippen LogP contribution in [0.3, 0.4) is 0 Å². The SMILES string of the molecule is FC(F)(F)c1ccc2c(c1)NCC1CCCCN21. The second-order valence-electron chi connectivity index (χ2n) is 4.95. The van der Waals surface area contributed by atoms with Crippen molar-refractivity contribution in [3.8, 4) is 0 Å². The number of nitrogens with zero attached hydrogens (tertiary/aromatic N) is 1. The minimum absolute atomic E-state index is 0.433. The smallest absolute Gasteiger partial charge is 0.381 e. The Labute approximate surface area is 104 Å². The summed E-state index contributed by atoms with van der Waals surface area (Å²) in [6, 6.07) is 4.43. The molecule has 0 aliphatic carbocycles. The van der Waals surface area contributed by atoms with Crippen LogP contribution >= 0.6 is 0 Å². The van der Waals surface area contributed by atoms with E-state index in [1.165, 1.54) is 18.6 Å². The van der Waals surface area contributed by atoms with Gasteiger partial charge < -0.3 is 10.2 Å². The van der Waals surface area contributed by atoms with Crippen molar-refractivity contribution in [1.29, 1.82) is 0 Å². The zero-order chi connectivity index (χ0) is 12.8. The van der Waals surface area contributed by atoms with Gasteiger partial charge in [0.15, 0.2) is 0 Å². The van der Waals surface area contributed by atoms with Crippen molar-refractivity contribution >= 4 is 11.4 Å². The largest absolute Gasteiger partial charge is 0.416 e. The van der Waals surface area contributed by atoms with E-state index in [0.717, 1.165) is 31.6 Å². The number of anilines is 2. The first-order valence-electron chi connectivity index (χ1n) is 6.27. The van der Waals surface area contributed by atoms with Crippen molar-refractivity contribution in [2.75, 3.05) is 23.3 Å². The van der Waals surface area contributed by atoms with Crippen molar-refractivity contribution < 1.29 is 13.2 Å². The maximum Gasteiger partial charge on any atom is 0.416 e. The van der Waals surface area contributed by atoms with Gasteiger partial charge in [0.05, 0.1) is 16.9 Å². The summed E-state index contributed by atoms with van der Waals surface area (Å²) in [4.78, 5) is 2.25. The summed E-state index contributed by atoms with van der Waals surface area (Å²) in [6.45, 7) is 1.69. The molecule has 5 heteroatoms. The van der Waals surface area contributed by atoms with Gasteiger partial charge in [-0.25, -0.2) is 0 Å². The van der Waals surface area contributed by atoms with Crippen molar-refractivity contribution in [2.45, 2.75) is 31.5 Å². The molecule has 1 aromatic rings. The fraction of sp³-hybridized carbons (Fsp3) is 0.538. The third kappa shape index (κ3) is 1.91. The van der Waals surface area contributed by atoms with Crippen LogP contribution in [0, 0.1) is 0 Å². The van der Waals surface area contributed by atoms with E-state index in [1.54, 1.807) is 6.07 Å². The molecule has 1 fully saturated rings. The third-order valence-electron chi connectivity index (χ3n) is 3.79. The van der Waals surface area contributed by atoms with Crippen LogP contribution in [0.25, 0.3) is 0 Å². The van der Waals surface area contributed by atoms with E-state index in [2.05, 4.69) is 10.2 Å². The monoisotopic (exact) mass is 256 g/mol. The summed E-state index contributed by atoms with van der Waals surface area (Å²) in [5.41, 5.74) is 0.950. The summed E-state index contributed by atoms with van der Waals surface area (Å²) in [7, 11) is 0. The molecule has 0 aromatic heterocycles. The Balaban J connectivity index is 1.96. The van der Waals surface area contributed by atoms with Gasteiger partial charge in [0.25, 0.3) is 0 Å². The van der Waals surface area contributed by atoms with E-state index in [9.17, 15) is 13.2 Å².